The fourth-order valence-corrected chi connectivity index (χ4v) is 2.39. The molecule has 0 radical (unpaired) electrons. The molecule has 2 aromatic rings. The average molecular weight is 411 g/mol. The normalized spacial score (nSPS) is 10.0. The lowest BCUT2D eigenvalue weighted by molar-refractivity contribution is -0.384. The van der Waals surface area contributed by atoms with E-state index in [1.807, 2.05) is 24.3 Å². The third kappa shape index (κ3) is 4.42. The van der Waals surface area contributed by atoms with Gasteiger partial charge in [0.15, 0.2) is 0 Å². The predicted octanol–water partition coefficient (Wildman–Crippen LogP) is 3.64. The lowest BCUT2D eigenvalue weighted by atomic mass is 10.2. The number of hydrogen-bond donors (Lipinski definition) is 2. The van der Waals surface area contributed by atoms with Crippen LogP contribution in [-0.2, 0) is 4.79 Å². The largest absolute Gasteiger partial charge is 0.379 e. The summed E-state index contributed by atoms with van der Waals surface area (Å²) >= 11 is 2.15. The first-order valence-corrected chi connectivity index (χ1v) is 7.67. The minimum Gasteiger partial charge on any atom is -0.379 e. The Balaban J connectivity index is 1.88. The van der Waals surface area contributed by atoms with Crippen molar-refractivity contribution in [2.24, 2.45) is 0 Å². The van der Waals surface area contributed by atoms with Crippen LogP contribution in [0.1, 0.15) is 6.42 Å². The van der Waals surface area contributed by atoms with Crippen LogP contribution in [0.2, 0.25) is 0 Å². The summed E-state index contributed by atoms with van der Waals surface area (Å²) in [6, 6.07) is 13.8. The van der Waals surface area contributed by atoms with E-state index in [2.05, 4.69) is 33.2 Å². The first-order chi connectivity index (χ1) is 10.6. The molecule has 2 N–H and O–H groups in total. The zero-order valence-corrected chi connectivity index (χ0v) is 13.7. The van der Waals surface area contributed by atoms with Crippen molar-refractivity contribution in [3.05, 3.63) is 62.2 Å². The molecule has 6 nitrogen and oxygen atoms in total. The Morgan fingerprint density at radius 3 is 2.41 bits per heavy atom. The van der Waals surface area contributed by atoms with E-state index in [-0.39, 0.29) is 18.0 Å². The van der Waals surface area contributed by atoms with Crippen LogP contribution in [0.4, 0.5) is 17.1 Å². The monoisotopic (exact) mass is 411 g/mol. The van der Waals surface area contributed by atoms with Crippen molar-refractivity contribution < 1.29 is 9.72 Å². The van der Waals surface area contributed by atoms with E-state index in [0.29, 0.717) is 12.2 Å². The molecule has 2 aromatic carbocycles. The SMILES string of the molecule is O=C(CCNc1ccccc1[N+](=O)[O-])Nc1ccccc1I. The summed E-state index contributed by atoms with van der Waals surface area (Å²) in [5.41, 5.74) is 1.17. The molecular formula is C15H14IN3O3. The minimum absolute atomic E-state index is 0.000478. The number of carbonyl (C=O) groups excluding carboxylic acids is 1. The van der Waals surface area contributed by atoms with Crippen LogP contribution >= 0.6 is 22.6 Å². The lowest BCUT2D eigenvalue weighted by Gasteiger charge is -2.09. The van der Waals surface area contributed by atoms with Crippen molar-refractivity contribution in [2.45, 2.75) is 6.42 Å². The van der Waals surface area contributed by atoms with Crippen LogP contribution in [-0.4, -0.2) is 17.4 Å². The van der Waals surface area contributed by atoms with Gasteiger partial charge >= 0.3 is 0 Å². The Labute approximate surface area is 141 Å². The molecule has 1 amide bonds. The zero-order chi connectivity index (χ0) is 15.9. The summed E-state index contributed by atoms with van der Waals surface area (Å²) in [6.45, 7) is 0.320. The van der Waals surface area contributed by atoms with E-state index < -0.39 is 4.92 Å². The van der Waals surface area contributed by atoms with Crippen molar-refractivity contribution in [1.82, 2.24) is 0 Å². The lowest BCUT2D eigenvalue weighted by Crippen LogP contribution is -2.17. The standard InChI is InChI=1S/C15H14IN3O3/c16-11-5-1-2-6-12(11)18-15(20)9-10-17-13-7-3-4-8-14(13)19(21)22/h1-8,17H,9-10H2,(H,18,20). The Morgan fingerprint density at radius 1 is 1.09 bits per heavy atom. The molecule has 0 saturated carbocycles. The molecule has 0 aliphatic heterocycles. The number of halogens is 1. The number of nitro groups is 1. The second kappa shape index (κ2) is 7.74. The van der Waals surface area contributed by atoms with Gasteiger partial charge in [0, 0.05) is 22.6 Å². The van der Waals surface area contributed by atoms with E-state index in [4.69, 9.17) is 0 Å². The Morgan fingerprint density at radius 2 is 1.73 bits per heavy atom. The van der Waals surface area contributed by atoms with Gasteiger partial charge in [0.1, 0.15) is 5.69 Å². The number of nitrogens with zero attached hydrogens (tertiary/aromatic N) is 1. The van der Waals surface area contributed by atoms with Crippen LogP contribution in [0.3, 0.4) is 0 Å². The van der Waals surface area contributed by atoms with Gasteiger partial charge in [0.25, 0.3) is 5.69 Å². The number of carbonyl (C=O) groups is 1. The molecule has 0 spiro atoms. The molecule has 0 fully saturated rings. The van der Waals surface area contributed by atoms with E-state index in [9.17, 15) is 14.9 Å². The fraction of sp³-hybridized carbons (Fsp3) is 0.133. The van der Waals surface area contributed by atoms with Crippen molar-refractivity contribution >= 4 is 45.6 Å². The highest BCUT2D eigenvalue weighted by molar-refractivity contribution is 14.1. The molecule has 0 atom stereocenters. The molecule has 0 aliphatic rings. The highest BCUT2D eigenvalue weighted by Crippen LogP contribution is 2.23. The second-order valence-electron chi connectivity index (χ2n) is 4.48. The molecule has 0 unspecified atom stereocenters. The number of anilines is 2. The Hall–Kier alpha value is -2.16. The number of nitro benzene ring substituents is 1. The van der Waals surface area contributed by atoms with Gasteiger partial charge in [0.2, 0.25) is 5.91 Å². The first-order valence-electron chi connectivity index (χ1n) is 6.59. The van der Waals surface area contributed by atoms with Crippen molar-refractivity contribution in [2.75, 3.05) is 17.2 Å². The maximum absolute atomic E-state index is 11.9. The van der Waals surface area contributed by atoms with Gasteiger partial charge in [0.05, 0.1) is 10.6 Å². The molecule has 7 heteroatoms. The molecule has 0 saturated heterocycles. The van der Waals surface area contributed by atoms with Gasteiger partial charge in [-0.3, -0.25) is 14.9 Å². The molecule has 0 bridgehead atoms. The summed E-state index contributed by atoms with van der Waals surface area (Å²) < 4.78 is 0.958. The van der Waals surface area contributed by atoms with Crippen LogP contribution in [0.15, 0.2) is 48.5 Å². The number of rotatable bonds is 6. The van der Waals surface area contributed by atoms with Crippen LogP contribution in [0.25, 0.3) is 0 Å². The second-order valence-corrected chi connectivity index (χ2v) is 5.64. The first kappa shape index (κ1) is 16.2. The Kier molecular flexibility index (Phi) is 5.70. The summed E-state index contributed by atoms with van der Waals surface area (Å²) in [6.07, 6.45) is 0.219. The number of benzene rings is 2. The van der Waals surface area contributed by atoms with Crippen LogP contribution < -0.4 is 10.6 Å². The molecule has 114 valence electrons. The van der Waals surface area contributed by atoms with Crippen molar-refractivity contribution in [1.29, 1.82) is 0 Å². The van der Waals surface area contributed by atoms with Gasteiger partial charge in [-0.25, -0.2) is 0 Å². The third-order valence-corrected chi connectivity index (χ3v) is 3.86. The maximum atomic E-state index is 11.9. The quantitative estimate of drug-likeness (QED) is 0.432. The number of nitrogens with one attached hydrogen (secondary N) is 2. The predicted molar refractivity (Wildman–Crippen MR) is 94.0 cm³/mol. The Bertz CT molecular complexity index is 691. The van der Waals surface area contributed by atoms with E-state index >= 15 is 0 Å². The van der Waals surface area contributed by atoms with Gasteiger partial charge in [-0.05, 0) is 40.8 Å². The summed E-state index contributed by atoms with van der Waals surface area (Å²) in [4.78, 5) is 22.3. The van der Waals surface area contributed by atoms with Gasteiger partial charge in [-0.1, -0.05) is 24.3 Å². The highest BCUT2D eigenvalue weighted by atomic mass is 127. The smallest absolute Gasteiger partial charge is 0.292 e. The molecule has 0 aromatic heterocycles. The zero-order valence-electron chi connectivity index (χ0n) is 11.6. The summed E-state index contributed by atoms with van der Waals surface area (Å²) in [7, 11) is 0. The molecule has 2 rings (SSSR count). The van der Waals surface area contributed by atoms with Crippen molar-refractivity contribution in [3.63, 3.8) is 0 Å². The van der Waals surface area contributed by atoms with Crippen molar-refractivity contribution in [3.8, 4) is 0 Å². The number of amides is 1. The molecule has 0 aliphatic carbocycles. The van der Waals surface area contributed by atoms with Crippen LogP contribution in [0, 0.1) is 13.7 Å². The molecular weight excluding hydrogens is 397 g/mol. The van der Waals surface area contributed by atoms with Crippen LogP contribution in [0.5, 0.6) is 0 Å². The number of hydrogen-bond acceptors (Lipinski definition) is 4. The topological polar surface area (TPSA) is 84.3 Å². The van der Waals surface area contributed by atoms with Gasteiger partial charge < -0.3 is 10.6 Å². The van der Waals surface area contributed by atoms with Gasteiger partial charge in [-0.2, -0.15) is 0 Å². The minimum atomic E-state index is -0.450. The maximum Gasteiger partial charge on any atom is 0.292 e. The van der Waals surface area contributed by atoms with E-state index in [1.54, 1.807) is 18.2 Å². The highest BCUT2D eigenvalue weighted by Gasteiger charge is 2.12. The third-order valence-electron chi connectivity index (χ3n) is 2.92. The molecule has 0 heterocycles. The van der Waals surface area contributed by atoms with E-state index in [0.717, 1.165) is 9.26 Å². The summed E-state index contributed by atoms with van der Waals surface area (Å²) in [5, 5.41) is 16.6. The summed E-state index contributed by atoms with van der Waals surface area (Å²) in [5.74, 6) is -0.143. The number of para-hydroxylation sites is 3. The van der Waals surface area contributed by atoms with Gasteiger partial charge in [-0.15, -0.1) is 0 Å². The molecule has 22 heavy (non-hydrogen) atoms. The fourth-order valence-electron chi connectivity index (χ4n) is 1.87. The van der Waals surface area contributed by atoms with E-state index in [1.165, 1.54) is 6.07 Å². The average Bonchev–Trinajstić information content (AvgIpc) is 2.50.